The van der Waals surface area contributed by atoms with E-state index in [0.29, 0.717) is 18.0 Å². The number of benzene rings is 1. The molecule has 1 aromatic carbocycles. The zero-order valence-corrected chi connectivity index (χ0v) is 11.4. The first-order chi connectivity index (χ1) is 7.50. The second-order valence-electron chi connectivity index (χ2n) is 4.88. The quantitative estimate of drug-likeness (QED) is 0.822. The van der Waals surface area contributed by atoms with Crippen molar-refractivity contribution < 1.29 is 0 Å². The normalized spacial score (nSPS) is 15.1. The Hall–Kier alpha value is -0.530. The lowest BCUT2D eigenvalue weighted by Gasteiger charge is -2.24. The monoisotopic (exact) mass is 239 g/mol. The first-order valence-electron chi connectivity index (χ1n) is 6.00. The summed E-state index contributed by atoms with van der Waals surface area (Å²) >= 11 is 6.16. The van der Waals surface area contributed by atoms with Crippen LogP contribution in [0.15, 0.2) is 24.3 Å². The van der Waals surface area contributed by atoms with Crippen LogP contribution in [-0.2, 0) is 6.42 Å². The van der Waals surface area contributed by atoms with Gasteiger partial charge in [-0.3, -0.25) is 0 Å². The predicted molar refractivity (Wildman–Crippen MR) is 72.1 cm³/mol. The van der Waals surface area contributed by atoms with Crippen LogP contribution in [0, 0.1) is 5.92 Å². The summed E-state index contributed by atoms with van der Waals surface area (Å²) in [5.41, 5.74) is 1.24. The fraction of sp³-hybridized carbons (Fsp3) is 0.571. The molecular weight excluding hydrogens is 218 g/mol. The Morgan fingerprint density at radius 3 is 2.31 bits per heavy atom. The Morgan fingerprint density at radius 1 is 1.12 bits per heavy atom. The van der Waals surface area contributed by atoms with Crippen LogP contribution in [0.25, 0.3) is 0 Å². The fourth-order valence-corrected chi connectivity index (χ4v) is 2.09. The van der Waals surface area contributed by atoms with Crippen LogP contribution in [0.3, 0.4) is 0 Å². The molecule has 1 N–H and O–H groups in total. The van der Waals surface area contributed by atoms with Gasteiger partial charge in [-0.25, -0.2) is 0 Å². The molecule has 2 atom stereocenters. The van der Waals surface area contributed by atoms with Gasteiger partial charge in [-0.2, -0.15) is 0 Å². The van der Waals surface area contributed by atoms with Crippen molar-refractivity contribution in [1.82, 2.24) is 5.32 Å². The number of nitrogens with one attached hydrogen (secondary N) is 1. The predicted octanol–water partition coefficient (Wildman–Crippen LogP) is 3.91. The standard InChI is InChI=1S/C14H22ClN/c1-10(2)16-12(4)11(3)9-13-7-5-6-8-14(13)15/h5-8,10-12,16H,9H2,1-4H3. The summed E-state index contributed by atoms with van der Waals surface area (Å²) in [6.07, 6.45) is 1.03. The summed E-state index contributed by atoms with van der Waals surface area (Å²) in [5, 5.41) is 4.42. The van der Waals surface area contributed by atoms with Crippen molar-refractivity contribution in [2.24, 2.45) is 5.92 Å². The molecule has 1 nitrogen and oxygen atoms in total. The van der Waals surface area contributed by atoms with E-state index in [4.69, 9.17) is 11.6 Å². The molecule has 0 saturated carbocycles. The van der Waals surface area contributed by atoms with Gasteiger partial charge in [0.25, 0.3) is 0 Å². The summed E-state index contributed by atoms with van der Waals surface area (Å²) < 4.78 is 0. The maximum atomic E-state index is 6.16. The van der Waals surface area contributed by atoms with Crippen molar-refractivity contribution in [2.45, 2.75) is 46.2 Å². The van der Waals surface area contributed by atoms with E-state index in [1.807, 2.05) is 12.1 Å². The number of halogens is 1. The van der Waals surface area contributed by atoms with Gasteiger partial charge in [-0.15, -0.1) is 0 Å². The number of hydrogen-bond donors (Lipinski definition) is 1. The van der Waals surface area contributed by atoms with Gasteiger partial charge in [0.2, 0.25) is 0 Å². The maximum absolute atomic E-state index is 6.16. The van der Waals surface area contributed by atoms with Crippen LogP contribution >= 0.6 is 11.6 Å². The van der Waals surface area contributed by atoms with Gasteiger partial charge in [0, 0.05) is 17.1 Å². The zero-order valence-electron chi connectivity index (χ0n) is 10.6. The van der Waals surface area contributed by atoms with E-state index in [1.54, 1.807) is 0 Å². The summed E-state index contributed by atoms with van der Waals surface area (Å²) in [7, 11) is 0. The van der Waals surface area contributed by atoms with E-state index in [-0.39, 0.29) is 0 Å². The van der Waals surface area contributed by atoms with Crippen molar-refractivity contribution in [2.75, 3.05) is 0 Å². The van der Waals surface area contributed by atoms with E-state index < -0.39 is 0 Å². The minimum Gasteiger partial charge on any atom is -0.312 e. The molecule has 0 spiro atoms. The molecular formula is C14H22ClN. The van der Waals surface area contributed by atoms with Crippen LogP contribution in [0.1, 0.15) is 33.3 Å². The molecule has 0 aliphatic rings. The molecule has 0 amide bonds. The molecule has 0 aliphatic heterocycles. The lowest BCUT2D eigenvalue weighted by Crippen LogP contribution is -2.37. The molecule has 16 heavy (non-hydrogen) atoms. The van der Waals surface area contributed by atoms with Crippen molar-refractivity contribution in [3.8, 4) is 0 Å². The first-order valence-corrected chi connectivity index (χ1v) is 6.38. The van der Waals surface area contributed by atoms with Gasteiger partial charge in [-0.05, 0) is 30.9 Å². The van der Waals surface area contributed by atoms with Crippen molar-refractivity contribution in [3.63, 3.8) is 0 Å². The van der Waals surface area contributed by atoms with Gasteiger partial charge in [0.15, 0.2) is 0 Å². The molecule has 90 valence electrons. The lowest BCUT2D eigenvalue weighted by molar-refractivity contribution is 0.372. The Labute approximate surface area is 104 Å². The fourth-order valence-electron chi connectivity index (χ4n) is 1.88. The molecule has 0 aliphatic carbocycles. The average molecular weight is 240 g/mol. The Balaban J connectivity index is 2.57. The minimum absolute atomic E-state index is 0.510. The molecule has 1 rings (SSSR count). The van der Waals surface area contributed by atoms with E-state index in [0.717, 1.165) is 11.4 Å². The minimum atomic E-state index is 0.510. The summed E-state index contributed by atoms with van der Waals surface area (Å²) in [4.78, 5) is 0. The highest BCUT2D eigenvalue weighted by molar-refractivity contribution is 6.31. The molecule has 0 aromatic heterocycles. The van der Waals surface area contributed by atoms with Crippen LogP contribution in [0.2, 0.25) is 5.02 Å². The van der Waals surface area contributed by atoms with Crippen LogP contribution in [0.5, 0.6) is 0 Å². The second-order valence-corrected chi connectivity index (χ2v) is 5.29. The summed E-state index contributed by atoms with van der Waals surface area (Å²) in [5.74, 6) is 0.585. The SMILES string of the molecule is CC(C)NC(C)C(C)Cc1ccccc1Cl. The highest BCUT2D eigenvalue weighted by atomic mass is 35.5. The van der Waals surface area contributed by atoms with E-state index >= 15 is 0 Å². The third-order valence-corrected chi connectivity index (χ3v) is 3.32. The van der Waals surface area contributed by atoms with Gasteiger partial charge in [0.1, 0.15) is 0 Å². The van der Waals surface area contributed by atoms with Crippen LogP contribution in [0.4, 0.5) is 0 Å². The highest BCUT2D eigenvalue weighted by Crippen LogP contribution is 2.20. The van der Waals surface area contributed by atoms with Crippen LogP contribution < -0.4 is 5.32 Å². The van der Waals surface area contributed by atoms with Gasteiger partial charge >= 0.3 is 0 Å². The van der Waals surface area contributed by atoms with Gasteiger partial charge < -0.3 is 5.32 Å². The van der Waals surface area contributed by atoms with Gasteiger partial charge in [0.05, 0.1) is 0 Å². The Kier molecular flexibility index (Phi) is 5.30. The van der Waals surface area contributed by atoms with E-state index in [9.17, 15) is 0 Å². The van der Waals surface area contributed by atoms with Gasteiger partial charge in [-0.1, -0.05) is 50.6 Å². The lowest BCUT2D eigenvalue weighted by atomic mass is 9.94. The molecule has 2 unspecified atom stereocenters. The third kappa shape index (κ3) is 4.15. The molecule has 0 saturated heterocycles. The summed E-state index contributed by atoms with van der Waals surface area (Å²) in [6, 6.07) is 9.14. The number of rotatable bonds is 5. The third-order valence-electron chi connectivity index (χ3n) is 2.95. The van der Waals surface area contributed by atoms with Crippen molar-refractivity contribution in [3.05, 3.63) is 34.9 Å². The number of hydrogen-bond acceptors (Lipinski definition) is 1. The largest absolute Gasteiger partial charge is 0.312 e. The molecule has 0 fully saturated rings. The summed E-state index contributed by atoms with van der Waals surface area (Å²) in [6.45, 7) is 8.86. The Bertz CT molecular complexity index is 322. The molecule has 1 aromatic rings. The van der Waals surface area contributed by atoms with E-state index in [2.05, 4.69) is 45.1 Å². The maximum Gasteiger partial charge on any atom is 0.0438 e. The van der Waals surface area contributed by atoms with E-state index in [1.165, 1.54) is 5.56 Å². The average Bonchev–Trinajstić information content (AvgIpc) is 2.20. The molecule has 0 heterocycles. The van der Waals surface area contributed by atoms with Crippen molar-refractivity contribution >= 4 is 11.6 Å². The zero-order chi connectivity index (χ0) is 12.1. The first kappa shape index (κ1) is 13.5. The second kappa shape index (κ2) is 6.27. The molecule has 0 bridgehead atoms. The highest BCUT2D eigenvalue weighted by Gasteiger charge is 2.14. The van der Waals surface area contributed by atoms with Crippen molar-refractivity contribution in [1.29, 1.82) is 0 Å². The topological polar surface area (TPSA) is 12.0 Å². The van der Waals surface area contributed by atoms with Crippen LogP contribution in [-0.4, -0.2) is 12.1 Å². The Morgan fingerprint density at radius 2 is 1.75 bits per heavy atom. The smallest absolute Gasteiger partial charge is 0.0438 e. The molecule has 2 heteroatoms. The molecule has 0 radical (unpaired) electrons.